The number of hydrogen-bond acceptors (Lipinski definition) is 5. The van der Waals surface area contributed by atoms with Crippen LogP contribution in [0.4, 0.5) is 11.4 Å². The summed E-state index contributed by atoms with van der Waals surface area (Å²) in [4.78, 5) is 58.8. The summed E-state index contributed by atoms with van der Waals surface area (Å²) in [5.41, 5.74) is 1.93. The summed E-state index contributed by atoms with van der Waals surface area (Å²) >= 11 is 6.37. The predicted molar refractivity (Wildman–Crippen MR) is 158 cm³/mol. The standard InChI is InChI=1S/C34H29ClN2O5/c1-18-12-13-20(16-26(18)35)36-30(39)23-15-14-21-24(28(23)32(36)41)17-25-31(40)37(19-8-4-3-5-9-19)33(42)34(25,2)29(21)22-10-6-7-11-27(22)38/h3-14,16,23-25,28-29,38H,15,17H2,1-2H3/t23-,24+,25-,28-,29+,34+/m0/s1. The van der Waals surface area contributed by atoms with Gasteiger partial charge in [0.2, 0.25) is 23.6 Å². The summed E-state index contributed by atoms with van der Waals surface area (Å²) in [5.74, 6) is -4.37. The number of carbonyl (C=O) groups excluding carboxylic acids is 4. The molecule has 42 heavy (non-hydrogen) atoms. The number of imide groups is 2. The van der Waals surface area contributed by atoms with Crippen molar-refractivity contribution in [2.45, 2.75) is 32.6 Å². The first kappa shape index (κ1) is 26.7. The Balaban J connectivity index is 1.37. The SMILES string of the molecule is Cc1ccc(N2C(=O)[C@H]3[C@H](CC=C4[C@H]3C[C@H]3C(=O)N(c5ccccc5)C(=O)[C@@]3(C)[C@H]4c3ccccc3O)C2=O)cc1Cl. The Morgan fingerprint density at radius 3 is 2.26 bits per heavy atom. The van der Waals surface area contributed by atoms with Crippen molar-refractivity contribution in [3.05, 3.63) is 101 Å². The van der Waals surface area contributed by atoms with E-state index in [1.54, 1.807) is 66.7 Å². The topological polar surface area (TPSA) is 95.0 Å². The van der Waals surface area contributed by atoms with Crippen molar-refractivity contribution in [2.75, 3.05) is 9.80 Å². The molecule has 4 aliphatic rings. The minimum atomic E-state index is -1.20. The van der Waals surface area contributed by atoms with Gasteiger partial charge in [-0.15, -0.1) is 0 Å². The van der Waals surface area contributed by atoms with Gasteiger partial charge >= 0.3 is 0 Å². The lowest BCUT2D eigenvalue weighted by Gasteiger charge is -2.49. The second kappa shape index (κ2) is 9.39. The molecule has 8 heteroatoms. The molecule has 1 saturated carbocycles. The quantitative estimate of drug-likeness (QED) is 0.313. The highest BCUT2D eigenvalue weighted by Crippen LogP contribution is 2.64. The molecular formula is C34H29ClN2O5. The molecule has 3 fully saturated rings. The Hall–Kier alpha value is -4.23. The maximum Gasteiger partial charge on any atom is 0.241 e. The molecule has 2 heterocycles. The molecule has 4 amide bonds. The second-order valence-electron chi connectivity index (χ2n) is 12.0. The lowest BCUT2D eigenvalue weighted by molar-refractivity contribution is -0.131. The van der Waals surface area contributed by atoms with Crippen LogP contribution in [0.3, 0.4) is 0 Å². The van der Waals surface area contributed by atoms with Gasteiger partial charge in [0.1, 0.15) is 5.75 Å². The number of anilines is 2. The summed E-state index contributed by atoms with van der Waals surface area (Å²) < 4.78 is 0. The number of benzene rings is 3. The van der Waals surface area contributed by atoms with Gasteiger partial charge in [-0.05, 0) is 68.5 Å². The van der Waals surface area contributed by atoms with E-state index in [-0.39, 0.29) is 35.8 Å². The maximum absolute atomic E-state index is 14.3. The van der Waals surface area contributed by atoms with Crippen LogP contribution in [-0.4, -0.2) is 28.7 Å². The van der Waals surface area contributed by atoms with Gasteiger partial charge < -0.3 is 5.11 Å². The van der Waals surface area contributed by atoms with E-state index in [0.717, 1.165) is 11.1 Å². The number of hydrogen-bond donors (Lipinski definition) is 1. The Morgan fingerprint density at radius 1 is 0.833 bits per heavy atom. The first-order valence-electron chi connectivity index (χ1n) is 14.2. The first-order chi connectivity index (χ1) is 20.1. The molecule has 0 spiro atoms. The van der Waals surface area contributed by atoms with Gasteiger partial charge in [-0.1, -0.05) is 65.7 Å². The maximum atomic E-state index is 14.3. The molecular weight excluding hydrogens is 552 g/mol. The van der Waals surface area contributed by atoms with Gasteiger partial charge in [0.05, 0.1) is 34.5 Å². The van der Waals surface area contributed by atoms with Crippen LogP contribution in [0.15, 0.2) is 84.4 Å². The fourth-order valence-corrected chi connectivity index (χ4v) is 8.06. The number of carbonyl (C=O) groups is 4. The first-order valence-corrected chi connectivity index (χ1v) is 14.6. The molecule has 6 atom stereocenters. The van der Waals surface area contributed by atoms with Crippen LogP contribution in [0.5, 0.6) is 5.75 Å². The lowest BCUT2D eigenvalue weighted by atomic mass is 9.51. The Bertz CT molecular complexity index is 1720. The lowest BCUT2D eigenvalue weighted by Crippen LogP contribution is -2.48. The molecule has 0 bridgehead atoms. The van der Waals surface area contributed by atoms with Crippen LogP contribution in [0.1, 0.15) is 36.8 Å². The molecule has 0 aromatic heterocycles. The van der Waals surface area contributed by atoms with Crippen molar-refractivity contribution < 1.29 is 24.3 Å². The number of aromatic hydroxyl groups is 1. The smallest absolute Gasteiger partial charge is 0.241 e. The van der Waals surface area contributed by atoms with Crippen LogP contribution >= 0.6 is 11.6 Å². The molecule has 0 unspecified atom stereocenters. The second-order valence-corrected chi connectivity index (χ2v) is 12.4. The van der Waals surface area contributed by atoms with Crippen LogP contribution in [0, 0.1) is 36.0 Å². The summed E-state index contributed by atoms with van der Waals surface area (Å²) in [6, 6.07) is 20.9. The third-order valence-electron chi connectivity index (χ3n) is 9.95. The number of nitrogens with zero attached hydrogens (tertiary/aromatic N) is 2. The fraction of sp³-hybridized carbons (Fsp3) is 0.294. The minimum Gasteiger partial charge on any atom is -0.508 e. The van der Waals surface area contributed by atoms with Crippen molar-refractivity contribution in [2.24, 2.45) is 29.1 Å². The monoisotopic (exact) mass is 580 g/mol. The zero-order valence-electron chi connectivity index (χ0n) is 23.2. The number of halogens is 1. The zero-order chi connectivity index (χ0) is 29.5. The van der Waals surface area contributed by atoms with E-state index < -0.39 is 35.0 Å². The number of aryl methyl sites for hydroxylation is 1. The Labute approximate surface area is 248 Å². The Kier molecular flexibility index (Phi) is 5.96. The van der Waals surface area contributed by atoms with Crippen molar-refractivity contribution in [1.82, 2.24) is 0 Å². The number of phenolic OH excluding ortho intramolecular Hbond substituents is 1. The molecule has 1 N–H and O–H groups in total. The Morgan fingerprint density at radius 2 is 1.55 bits per heavy atom. The van der Waals surface area contributed by atoms with Gasteiger partial charge in [0, 0.05) is 16.5 Å². The number of fused-ring (bicyclic) bond motifs is 4. The van der Waals surface area contributed by atoms with E-state index in [2.05, 4.69) is 0 Å². The molecule has 0 radical (unpaired) electrons. The number of allylic oxidation sites excluding steroid dienone is 2. The van der Waals surface area contributed by atoms with E-state index in [1.807, 2.05) is 26.0 Å². The highest BCUT2D eigenvalue weighted by molar-refractivity contribution is 6.32. The average Bonchev–Trinajstić information content (AvgIpc) is 3.35. The summed E-state index contributed by atoms with van der Waals surface area (Å²) in [5, 5.41) is 11.5. The van der Waals surface area contributed by atoms with Crippen molar-refractivity contribution in [3.63, 3.8) is 0 Å². The van der Waals surface area contributed by atoms with Crippen LogP contribution in [0.2, 0.25) is 5.02 Å². The minimum absolute atomic E-state index is 0.0225. The largest absolute Gasteiger partial charge is 0.508 e. The number of para-hydroxylation sites is 2. The number of rotatable bonds is 3. The molecule has 212 valence electrons. The molecule has 7 rings (SSSR count). The van der Waals surface area contributed by atoms with Crippen molar-refractivity contribution in [1.29, 1.82) is 0 Å². The summed E-state index contributed by atoms with van der Waals surface area (Å²) in [6.07, 6.45) is 2.56. The van der Waals surface area contributed by atoms with Gasteiger partial charge in [-0.25, -0.2) is 9.80 Å². The van der Waals surface area contributed by atoms with Crippen LogP contribution in [-0.2, 0) is 19.2 Å². The van der Waals surface area contributed by atoms with Crippen molar-refractivity contribution >= 4 is 46.6 Å². The van der Waals surface area contributed by atoms with E-state index in [9.17, 15) is 24.3 Å². The van der Waals surface area contributed by atoms with Crippen LogP contribution in [0.25, 0.3) is 0 Å². The molecule has 7 nitrogen and oxygen atoms in total. The normalized spacial score (nSPS) is 30.3. The highest BCUT2D eigenvalue weighted by Gasteiger charge is 2.68. The van der Waals surface area contributed by atoms with Crippen molar-refractivity contribution in [3.8, 4) is 5.75 Å². The van der Waals surface area contributed by atoms with Gasteiger partial charge in [-0.2, -0.15) is 0 Å². The molecule has 2 saturated heterocycles. The molecule has 3 aromatic carbocycles. The third-order valence-corrected chi connectivity index (χ3v) is 10.4. The fourth-order valence-electron chi connectivity index (χ4n) is 7.89. The van der Waals surface area contributed by atoms with Gasteiger partial charge in [0.15, 0.2) is 0 Å². The van der Waals surface area contributed by atoms with Gasteiger partial charge in [-0.3, -0.25) is 19.2 Å². The molecule has 2 aliphatic carbocycles. The zero-order valence-corrected chi connectivity index (χ0v) is 23.9. The van der Waals surface area contributed by atoms with Crippen LogP contribution < -0.4 is 9.80 Å². The number of amides is 4. The molecule has 2 aliphatic heterocycles. The number of phenols is 1. The predicted octanol–water partition coefficient (Wildman–Crippen LogP) is 5.79. The van der Waals surface area contributed by atoms with E-state index >= 15 is 0 Å². The highest BCUT2D eigenvalue weighted by atomic mass is 35.5. The average molecular weight is 581 g/mol. The van der Waals surface area contributed by atoms with E-state index in [1.165, 1.54) is 9.80 Å². The summed E-state index contributed by atoms with van der Waals surface area (Å²) in [6.45, 7) is 3.66. The van der Waals surface area contributed by atoms with E-state index in [4.69, 9.17) is 11.6 Å². The summed E-state index contributed by atoms with van der Waals surface area (Å²) in [7, 11) is 0. The third kappa shape index (κ3) is 3.52. The van der Waals surface area contributed by atoms with Gasteiger partial charge in [0.25, 0.3) is 0 Å². The van der Waals surface area contributed by atoms with E-state index in [0.29, 0.717) is 28.4 Å². The molecule has 3 aromatic rings.